The number of carbonyl (C=O) groups excluding carboxylic acids is 1. The summed E-state index contributed by atoms with van der Waals surface area (Å²) >= 11 is 1.58. The van der Waals surface area contributed by atoms with Gasteiger partial charge in [-0.25, -0.2) is 8.42 Å². The summed E-state index contributed by atoms with van der Waals surface area (Å²) in [6.45, 7) is 1.27. The third kappa shape index (κ3) is 3.38. The summed E-state index contributed by atoms with van der Waals surface area (Å²) < 4.78 is 27.0. The molecule has 0 bridgehead atoms. The highest BCUT2D eigenvalue weighted by atomic mass is 32.2. The zero-order valence-electron chi connectivity index (χ0n) is 14.7. The summed E-state index contributed by atoms with van der Waals surface area (Å²) in [5, 5.41) is 8.98. The molecule has 1 aliphatic heterocycles. The van der Waals surface area contributed by atoms with Crippen molar-refractivity contribution in [3.8, 4) is 6.07 Å². The van der Waals surface area contributed by atoms with Gasteiger partial charge in [-0.05, 0) is 49.1 Å². The van der Waals surface area contributed by atoms with Gasteiger partial charge in [-0.1, -0.05) is 6.07 Å². The van der Waals surface area contributed by atoms with E-state index in [0.29, 0.717) is 18.7 Å². The molecule has 0 atom stereocenters. The number of hydrogen-bond donors (Lipinski definition) is 0. The highest BCUT2D eigenvalue weighted by Gasteiger charge is 2.31. The quantitative estimate of drug-likeness (QED) is 0.790. The minimum Gasteiger partial charge on any atom is -0.335 e. The summed E-state index contributed by atoms with van der Waals surface area (Å²) in [4.78, 5) is 16.7. The van der Waals surface area contributed by atoms with Gasteiger partial charge < -0.3 is 4.90 Å². The fraction of sp³-hybridized carbons (Fsp3) is 0.368. The minimum atomic E-state index is -3.66. The smallest absolute Gasteiger partial charge is 0.264 e. The maximum atomic E-state index is 12.8. The molecule has 1 aliphatic carbocycles. The Hall–Kier alpha value is -2.21. The maximum absolute atomic E-state index is 12.8. The van der Waals surface area contributed by atoms with Gasteiger partial charge in [-0.15, -0.1) is 11.3 Å². The predicted octanol–water partition coefficient (Wildman–Crippen LogP) is 2.26. The van der Waals surface area contributed by atoms with Gasteiger partial charge in [0.1, 0.15) is 0 Å². The van der Waals surface area contributed by atoms with E-state index in [2.05, 4.69) is 0 Å². The average molecular weight is 402 g/mol. The van der Waals surface area contributed by atoms with Crippen molar-refractivity contribution in [1.29, 1.82) is 5.26 Å². The van der Waals surface area contributed by atoms with Crippen molar-refractivity contribution in [3.63, 3.8) is 0 Å². The Labute approximate surface area is 162 Å². The van der Waals surface area contributed by atoms with E-state index in [0.717, 1.165) is 17.7 Å². The van der Waals surface area contributed by atoms with Crippen LogP contribution >= 0.6 is 11.3 Å². The number of thiophene rings is 1. The van der Waals surface area contributed by atoms with E-state index in [9.17, 15) is 13.2 Å². The van der Waals surface area contributed by atoms with Gasteiger partial charge in [0.2, 0.25) is 10.0 Å². The summed E-state index contributed by atoms with van der Waals surface area (Å²) in [6.07, 6.45) is 3.27. The van der Waals surface area contributed by atoms with Crippen molar-refractivity contribution in [2.24, 2.45) is 0 Å². The van der Waals surface area contributed by atoms with E-state index in [1.165, 1.54) is 33.3 Å². The molecule has 8 heteroatoms. The van der Waals surface area contributed by atoms with Crippen molar-refractivity contribution in [1.82, 2.24) is 9.21 Å². The summed E-state index contributed by atoms with van der Waals surface area (Å²) in [6, 6.07) is 10.0. The number of amides is 1. The third-order valence-electron chi connectivity index (χ3n) is 5.08. The number of nitrogens with zero attached hydrogens (tertiary/aromatic N) is 3. The van der Waals surface area contributed by atoms with Crippen LogP contribution in [0.5, 0.6) is 0 Å². The lowest BCUT2D eigenvalue weighted by molar-refractivity contribution is 0.0702. The van der Waals surface area contributed by atoms with Gasteiger partial charge in [0, 0.05) is 31.1 Å². The van der Waals surface area contributed by atoms with E-state index in [1.54, 1.807) is 28.4 Å². The topological polar surface area (TPSA) is 81.5 Å². The first-order valence-corrected chi connectivity index (χ1v) is 11.2. The second-order valence-corrected chi connectivity index (χ2v) is 9.82. The monoisotopic (exact) mass is 401 g/mol. The van der Waals surface area contributed by atoms with Crippen LogP contribution in [0.1, 0.15) is 32.1 Å². The lowest BCUT2D eigenvalue weighted by Gasteiger charge is -2.33. The van der Waals surface area contributed by atoms with Crippen LogP contribution in [0.3, 0.4) is 0 Å². The fourth-order valence-electron chi connectivity index (χ4n) is 3.60. The molecule has 1 saturated heterocycles. The molecule has 1 aromatic carbocycles. The van der Waals surface area contributed by atoms with Crippen molar-refractivity contribution in [3.05, 3.63) is 51.2 Å². The van der Waals surface area contributed by atoms with Crippen molar-refractivity contribution >= 4 is 27.3 Å². The zero-order chi connectivity index (χ0) is 19.0. The Kier molecular flexibility index (Phi) is 4.76. The Balaban J connectivity index is 1.45. The first-order chi connectivity index (χ1) is 13.0. The SMILES string of the molecule is N#Cc1cccc(S(=O)(=O)N2CCN(C(=O)c3cc4c(s3)CCC4)CC2)c1. The van der Waals surface area contributed by atoms with E-state index in [4.69, 9.17) is 5.26 Å². The third-order valence-corrected chi connectivity index (χ3v) is 8.20. The molecule has 0 radical (unpaired) electrons. The molecular weight excluding hydrogens is 382 g/mol. The van der Waals surface area contributed by atoms with E-state index in [1.807, 2.05) is 12.1 Å². The first-order valence-electron chi connectivity index (χ1n) is 8.90. The molecule has 2 aliphatic rings. The first kappa shape index (κ1) is 18.2. The Morgan fingerprint density at radius 3 is 2.59 bits per heavy atom. The fourth-order valence-corrected chi connectivity index (χ4v) is 6.29. The second kappa shape index (κ2) is 7.08. The van der Waals surface area contributed by atoms with Crippen LogP contribution in [0, 0.1) is 11.3 Å². The molecule has 2 heterocycles. The molecule has 0 spiro atoms. The molecule has 27 heavy (non-hydrogen) atoms. The number of piperazine rings is 1. The molecule has 1 fully saturated rings. The van der Waals surface area contributed by atoms with Gasteiger partial charge in [-0.2, -0.15) is 9.57 Å². The van der Waals surface area contributed by atoms with Crippen LogP contribution in [0.4, 0.5) is 0 Å². The summed E-state index contributed by atoms with van der Waals surface area (Å²) in [5.74, 6) is -0.00192. The Morgan fingerprint density at radius 2 is 1.89 bits per heavy atom. The van der Waals surface area contributed by atoms with Crippen LogP contribution in [0.15, 0.2) is 35.2 Å². The number of fused-ring (bicyclic) bond motifs is 1. The van der Waals surface area contributed by atoms with Crippen molar-refractivity contribution < 1.29 is 13.2 Å². The molecule has 4 rings (SSSR count). The van der Waals surface area contributed by atoms with E-state index in [-0.39, 0.29) is 23.9 Å². The highest BCUT2D eigenvalue weighted by molar-refractivity contribution is 7.89. The van der Waals surface area contributed by atoms with Crippen LogP contribution in [-0.4, -0.2) is 49.7 Å². The van der Waals surface area contributed by atoms with E-state index < -0.39 is 10.0 Å². The van der Waals surface area contributed by atoms with Crippen LogP contribution in [-0.2, 0) is 22.9 Å². The Morgan fingerprint density at radius 1 is 1.11 bits per heavy atom. The van der Waals surface area contributed by atoms with E-state index >= 15 is 0 Å². The lowest BCUT2D eigenvalue weighted by atomic mass is 10.2. The molecule has 0 N–H and O–H groups in total. The highest BCUT2D eigenvalue weighted by Crippen LogP contribution is 2.31. The van der Waals surface area contributed by atoms with Gasteiger partial charge >= 0.3 is 0 Å². The van der Waals surface area contributed by atoms with Crippen LogP contribution in [0.2, 0.25) is 0 Å². The number of rotatable bonds is 3. The number of sulfonamides is 1. The molecule has 2 aromatic rings. The Bertz CT molecular complexity index is 1010. The number of benzene rings is 1. The van der Waals surface area contributed by atoms with Crippen molar-refractivity contribution in [2.75, 3.05) is 26.2 Å². The summed E-state index contributed by atoms with van der Waals surface area (Å²) in [7, 11) is -3.66. The lowest BCUT2D eigenvalue weighted by Crippen LogP contribution is -2.50. The summed E-state index contributed by atoms with van der Waals surface area (Å²) in [5.41, 5.74) is 1.61. The maximum Gasteiger partial charge on any atom is 0.264 e. The van der Waals surface area contributed by atoms with Crippen LogP contribution in [0.25, 0.3) is 0 Å². The van der Waals surface area contributed by atoms with Crippen LogP contribution < -0.4 is 0 Å². The van der Waals surface area contributed by atoms with Gasteiger partial charge in [-0.3, -0.25) is 4.79 Å². The standard InChI is InChI=1S/C19H19N3O3S2/c20-13-14-3-1-5-16(11-14)27(24,25)22-9-7-21(8-10-22)19(23)18-12-15-4-2-6-17(15)26-18/h1,3,5,11-12H,2,4,6-10H2. The largest absolute Gasteiger partial charge is 0.335 e. The molecule has 1 aromatic heterocycles. The molecule has 0 saturated carbocycles. The van der Waals surface area contributed by atoms with Gasteiger partial charge in [0.15, 0.2) is 0 Å². The number of aryl methyl sites for hydroxylation is 2. The molecular formula is C19H19N3O3S2. The molecule has 6 nitrogen and oxygen atoms in total. The van der Waals surface area contributed by atoms with Crippen molar-refractivity contribution in [2.45, 2.75) is 24.2 Å². The number of carbonyl (C=O) groups is 1. The normalized spacial score (nSPS) is 17.5. The minimum absolute atomic E-state index is 0.00192. The van der Waals surface area contributed by atoms with Gasteiger partial charge in [0.05, 0.1) is 21.4 Å². The molecule has 1 amide bonds. The number of hydrogen-bond acceptors (Lipinski definition) is 5. The molecule has 0 unspecified atom stereocenters. The number of nitriles is 1. The molecule has 140 valence electrons. The zero-order valence-corrected chi connectivity index (χ0v) is 16.4. The van der Waals surface area contributed by atoms with Gasteiger partial charge in [0.25, 0.3) is 5.91 Å². The average Bonchev–Trinajstić information content (AvgIpc) is 3.30. The predicted molar refractivity (Wildman–Crippen MR) is 102 cm³/mol. The second-order valence-electron chi connectivity index (χ2n) is 6.75.